The highest BCUT2D eigenvalue weighted by atomic mass is 35.5. The first-order valence-electron chi connectivity index (χ1n) is 8.94. The Morgan fingerprint density at radius 2 is 1.93 bits per heavy atom. The van der Waals surface area contributed by atoms with Crippen LogP contribution in [0.4, 0.5) is 0 Å². The molecule has 5 nitrogen and oxygen atoms in total. The molecular weight excluding hydrogens is 364 g/mol. The molecular formula is C21H23ClN2O3. The van der Waals surface area contributed by atoms with E-state index in [9.17, 15) is 9.59 Å². The van der Waals surface area contributed by atoms with Gasteiger partial charge in [0.25, 0.3) is 0 Å². The number of carbonyl (C=O) groups is 2. The Hall–Kier alpha value is -2.37. The van der Waals surface area contributed by atoms with Crippen molar-refractivity contribution in [3.63, 3.8) is 0 Å². The Balaban J connectivity index is 1.71. The van der Waals surface area contributed by atoms with Crippen LogP contribution < -0.4 is 10.6 Å². The quantitative estimate of drug-likeness (QED) is 0.775. The number of benzene rings is 2. The summed E-state index contributed by atoms with van der Waals surface area (Å²) >= 11 is 5.91. The van der Waals surface area contributed by atoms with E-state index in [1.54, 1.807) is 12.1 Å². The lowest BCUT2D eigenvalue weighted by atomic mass is 9.90. The molecule has 2 N–H and O–H groups in total. The summed E-state index contributed by atoms with van der Waals surface area (Å²) in [5, 5.41) is 6.79. The van der Waals surface area contributed by atoms with Gasteiger partial charge >= 0.3 is 5.97 Å². The topological polar surface area (TPSA) is 67.4 Å². The molecule has 2 aromatic rings. The Morgan fingerprint density at radius 1 is 1.22 bits per heavy atom. The summed E-state index contributed by atoms with van der Waals surface area (Å²) in [5.41, 5.74) is 3.24. The largest absolute Gasteiger partial charge is 0.467 e. The number of hydrogen-bond donors (Lipinski definition) is 2. The van der Waals surface area contributed by atoms with Crippen molar-refractivity contribution in [3.8, 4) is 0 Å². The number of methoxy groups -OCH3 is 1. The highest BCUT2D eigenvalue weighted by Crippen LogP contribution is 2.24. The Kier molecular flexibility index (Phi) is 6.14. The minimum atomic E-state index is -0.752. The van der Waals surface area contributed by atoms with Gasteiger partial charge in [-0.15, -0.1) is 0 Å². The Bertz CT molecular complexity index is 822. The number of ether oxygens (including phenoxy) is 1. The van der Waals surface area contributed by atoms with Gasteiger partial charge in [-0.3, -0.25) is 10.1 Å². The minimum Gasteiger partial charge on any atom is -0.467 e. The third-order valence-corrected chi connectivity index (χ3v) is 5.12. The zero-order chi connectivity index (χ0) is 19.4. The van der Waals surface area contributed by atoms with Crippen LogP contribution in [0.1, 0.15) is 29.7 Å². The predicted molar refractivity (Wildman–Crippen MR) is 105 cm³/mol. The lowest BCUT2D eigenvalue weighted by Crippen LogP contribution is -2.53. The molecule has 6 heteroatoms. The molecule has 0 saturated heterocycles. The summed E-state index contributed by atoms with van der Waals surface area (Å²) in [5.74, 6) is -0.678. The maximum atomic E-state index is 12.8. The zero-order valence-corrected chi connectivity index (χ0v) is 16.1. The fourth-order valence-electron chi connectivity index (χ4n) is 3.45. The molecule has 1 heterocycles. The average molecular weight is 387 g/mol. The van der Waals surface area contributed by atoms with Crippen molar-refractivity contribution in [2.45, 2.75) is 37.9 Å². The maximum absolute atomic E-state index is 12.8. The number of rotatable bonds is 5. The Morgan fingerprint density at radius 3 is 2.63 bits per heavy atom. The van der Waals surface area contributed by atoms with Crippen LogP contribution in [0.25, 0.3) is 0 Å². The number of halogens is 1. The Labute approximate surface area is 164 Å². The second-order valence-electron chi connectivity index (χ2n) is 6.76. The fourth-order valence-corrected chi connectivity index (χ4v) is 3.57. The van der Waals surface area contributed by atoms with Crippen LogP contribution in [-0.4, -0.2) is 31.1 Å². The fraction of sp³-hybridized carbons (Fsp3) is 0.333. The third kappa shape index (κ3) is 4.67. The van der Waals surface area contributed by atoms with Crippen LogP contribution in [0.2, 0.25) is 5.02 Å². The van der Waals surface area contributed by atoms with E-state index < -0.39 is 18.1 Å². The molecule has 1 amide bonds. The maximum Gasteiger partial charge on any atom is 0.328 e. The lowest BCUT2D eigenvalue weighted by Gasteiger charge is -2.31. The predicted octanol–water partition coefficient (Wildman–Crippen LogP) is 2.82. The zero-order valence-electron chi connectivity index (χ0n) is 15.4. The van der Waals surface area contributed by atoms with Crippen LogP contribution in [0, 0.1) is 0 Å². The normalized spacial score (nSPS) is 19.7. The molecule has 0 bridgehead atoms. The average Bonchev–Trinajstić information content (AvgIpc) is 2.68. The van der Waals surface area contributed by atoms with Crippen LogP contribution >= 0.6 is 11.6 Å². The summed E-state index contributed by atoms with van der Waals surface area (Å²) in [6.07, 6.45) is 0.926. The van der Waals surface area contributed by atoms with E-state index >= 15 is 0 Å². The number of amides is 1. The standard InChI is InChI=1S/C21H23ClN2O3/c1-13-17-6-4-3-5-15(17)12-18(23-13)20(25)24-19(21(26)27-2)11-14-7-9-16(22)10-8-14/h3-10,13,18-19,23H,11-12H2,1-2H3,(H,24,25). The monoisotopic (exact) mass is 386 g/mol. The van der Waals surface area contributed by atoms with Crippen molar-refractivity contribution in [3.05, 3.63) is 70.2 Å². The molecule has 3 rings (SSSR count). The van der Waals surface area contributed by atoms with Gasteiger partial charge in [-0.1, -0.05) is 48.0 Å². The van der Waals surface area contributed by atoms with Crippen molar-refractivity contribution < 1.29 is 14.3 Å². The minimum absolute atomic E-state index is 0.0681. The van der Waals surface area contributed by atoms with Crippen molar-refractivity contribution in [1.82, 2.24) is 10.6 Å². The molecule has 1 aliphatic heterocycles. The molecule has 0 radical (unpaired) electrons. The van der Waals surface area contributed by atoms with Gasteiger partial charge in [-0.05, 0) is 42.2 Å². The van der Waals surface area contributed by atoms with E-state index in [2.05, 4.69) is 16.7 Å². The lowest BCUT2D eigenvalue weighted by molar-refractivity contribution is -0.145. The van der Waals surface area contributed by atoms with Gasteiger partial charge in [0.1, 0.15) is 6.04 Å². The van der Waals surface area contributed by atoms with E-state index in [1.807, 2.05) is 37.3 Å². The first-order chi connectivity index (χ1) is 13.0. The summed E-state index contributed by atoms with van der Waals surface area (Å²) < 4.78 is 4.87. The summed E-state index contributed by atoms with van der Waals surface area (Å²) in [7, 11) is 1.32. The first kappa shape index (κ1) is 19.4. The van der Waals surface area contributed by atoms with Gasteiger partial charge in [0.05, 0.1) is 13.2 Å². The smallest absolute Gasteiger partial charge is 0.328 e. The first-order valence-corrected chi connectivity index (χ1v) is 9.32. The van der Waals surface area contributed by atoms with Crippen LogP contribution in [0.3, 0.4) is 0 Å². The van der Waals surface area contributed by atoms with E-state index in [4.69, 9.17) is 16.3 Å². The number of nitrogens with one attached hydrogen (secondary N) is 2. The third-order valence-electron chi connectivity index (χ3n) is 4.87. The van der Waals surface area contributed by atoms with Crippen LogP contribution in [-0.2, 0) is 27.2 Å². The molecule has 0 saturated carbocycles. The van der Waals surface area contributed by atoms with Gasteiger partial charge < -0.3 is 10.1 Å². The summed E-state index contributed by atoms with van der Waals surface area (Å²) in [6.45, 7) is 2.03. The molecule has 3 atom stereocenters. The van der Waals surface area contributed by atoms with Gasteiger partial charge in [0.2, 0.25) is 5.91 Å². The molecule has 0 aliphatic carbocycles. The SMILES string of the molecule is COC(=O)C(Cc1ccc(Cl)cc1)NC(=O)C1Cc2ccccc2C(C)N1. The molecule has 27 heavy (non-hydrogen) atoms. The molecule has 142 valence electrons. The van der Waals surface area contributed by atoms with Crippen molar-refractivity contribution in [2.75, 3.05) is 7.11 Å². The second kappa shape index (κ2) is 8.55. The van der Waals surface area contributed by atoms with Crippen molar-refractivity contribution in [1.29, 1.82) is 0 Å². The highest BCUT2D eigenvalue weighted by Gasteiger charge is 2.31. The van der Waals surface area contributed by atoms with Gasteiger partial charge in [-0.2, -0.15) is 0 Å². The molecule has 0 spiro atoms. The van der Waals surface area contributed by atoms with Crippen LogP contribution in [0.5, 0.6) is 0 Å². The van der Waals surface area contributed by atoms with Gasteiger partial charge in [0, 0.05) is 17.5 Å². The molecule has 3 unspecified atom stereocenters. The number of esters is 1. The molecule has 0 aromatic heterocycles. The molecule has 2 aromatic carbocycles. The summed E-state index contributed by atoms with van der Waals surface area (Å²) in [4.78, 5) is 25.0. The number of hydrogen-bond acceptors (Lipinski definition) is 4. The molecule has 0 fully saturated rings. The summed E-state index contributed by atoms with van der Waals surface area (Å²) in [6, 6.07) is 14.2. The van der Waals surface area contributed by atoms with E-state index in [0.29, 0.717) is 17.9 Å². The van der Waals surface area contributed by atoms with E-state index in [0.717, 1.165) is 11.1 Å². The van der Waals surface area contributed by atoms with E-state index in [-0.39, 0.29) is 11.9 Å². The van der Waals surface area contributed by atoms with Crippen molar-refractivity contribution in [2.24, 2.45) is 0 Å². The molecule has 1 aliphatic rings. The van der Waals surface area contributed by atoms with E-state index in [1.165, 1.54) is 12.7 Å². The van der Waals surface area contributed by atoms with Crippen LogP contribution in [0.15, 0.2) is 48.5 Å². The number of fused-ring (bicyclic) bond motifs is 1. The highest BCUT2D eigenvalue weighted by molar-refractivity contribution is 6.30. The van der Waals surface area contributed by atoms with Crippen molar-refractivity contribution >= 4 is 23.5 Å². The van der Waals surface area contributed by atoms with Gasteiger partial charge in [0.15, 0.2) is 0 Å². The second-order valence-corrected chi connectivity index (χ2v) is 7.20. The van der Waals surface area contributed by atoms with Gasteiger partial charge in [-0.25, -0.2) is 4.79 Å². The number of carbonyl (C=O) groups excluding carboxylic acids is 2.